The van der Waals surface area contributed by atoms with Crippen LogP contribution >= 0.6 is 0 Å². The number of carbonyl (C=O) groups excluding carboxylic acids is 2. The molecule has 0 unspecified atom stereocenters. The van der Waals surface area contributed by atoms with Gasteiger partial charge in [0.15, 0.2) is 0 Å². The Morgan fingerprint density at radius 2 is 1.06 bits per heavy atom. The molecule has 0 atom stereocenters. The highest BCUT2D eigenvalue weighted by molar-refractivity contribution is 6.89. The first-order chi connectivity index (χ1) is 15.9. The van der Waals surface area contributed by atoms with Crippen LogP contribution in [0.25, 0.3) is 0 Å². The summed E-state index contributed by atoms with van der Waals surface area (Å²) in [6.07, 6.45) is 2.12. The van der Waals surface area contributed by atoms with Crippen molar-refractivity contribution in [3.63, 3.8) is 0 Å². The molecule has 0 aliphatic heterocycles. The highest BCUT2D eigenvalue weighted by Crippen LogP contribution is 2.13. The van der Waals surface area contributed by atoms with Crippen molar-refractivity contribution in [2.75, 3.05) is 0 Å². The summed E-state index contributed by atoms with van der Waals surface area (Å²) in [7, 11) is -2.92. The summed E-state index contributed by atoms with van der Waals surface area (Å²) in [4.78, 5) is 45.3. The topological polar surface area (TPSA) is 71.1 Å². The first-order valence-electron chi connectivity index (χ1n) is 11.9. The first-order valence-corrected chi connectivity index (χ1v) is 18.9. The lowest BCUT2D eigenvalue weighted by molar-refractivity contribution is -0.421. The van der Waals surface area contributed by atoms with E-state index in [9.17, 15) is 9.59 Å². The number of benzene rings is 2. The number of carbonyl (C=O) groups is 2. The van der Waals surface area contributed by atoms with Gasteiger partial charge in [-0.15, -0.1) is 9.78 Å². The van der Waals surface area contributed by atoms with E-state index in [-0.39, 0.29) is 0 Å². The van der Waals surface area contributed by atoms with Gasteiger partial charge in [0.1, 0.15) is 0 Å². The minimum absolute atomic E-state index is 0.383. The van der Waals surface area contributed by atoms with Crippen LogP contribution in [-0.2, 0) is 19.6 Å². The third-order valence-corrected chi connectivity index (χ3v) is 9.61. The summed E-state index contributed by atoms with van der Waals surface area (Å²) >= 11 is 0. The molecule has 0 amide bonds. The van der Waals surface area contributed by atoms with Crippen molar-refractivity contribution in [3.05, 3.63) is 59.7 Å². The highest BCUT2D eigenvalue weighted by atomic mass is 28.3. The summed E-state index contributed by atoms with van der Waals surface area (Å²) in [6, 6.07) is 14.7. The molecule has 0 heterocycles. The highest BCUT2D eigenvalue weighted by Gasteiger charge is 2.22. The molecule has 6 nitrogen and oxygen atoms in total. The molecule has 0 aliphatic rings. The number of hydrogen-bond acceptors (Lipinski definition) is 6. The third kappa shape index (κ3) is 8.83. The van der Waals surface area contributed by atoms with Gasteiger partial charge in [-0.25, -0.2) is 9.59 Å². The minimum atomic E-state index is -1.46. The Morgan fingerprint density at radius 3 is 1.38 bits per heavy atom. The van der Waals surface area contributed by atoms with E-state index in [4.69, 9.17) is 19.6 Å². The standard InChI is InChI=1S/C26H38O6Si2/c1-8-9-10-11-24(29-31-25(27)20-12-16-22(17-13-20)33(2,3)4)30-32-26(28)21-14-18-23(19-15-21)34(5,6)7/h12-19,24H,8-11H2,1-7H3. The van der Waals surface area contributed by atoms with E-state index in [1.54, 1.807) is 24.3 Å². The second kappa shape index (κ2) is 12.4. The molecule has 186 valence electrons. The van der Waals surface area contributed by atoms with Gasteiger partial charge in [-0.3, -0.25) is 9.78 Å². The zero-order valence-electron chi connectivity index (χ0n) is 21.5. The lowest BCUT2D eigenvalue weighted by Crippen LogP contribution is -2.37. The molecule has 8 heteroatoms. The fraction of sp³-hybridized carbons (Fsp3) is 0.462. The second-order valence-electron chi connectivity index (χ2n) is 10.5. The Balaban J connectivity index is 1.95. The summed E-state index contributed by atoms with van der Waals surface area (Å²) in [5, 5.41) is 2.49. The van der Waals surface area contributed by atoms with Crippen LogP contribution < -0.4 is 10.4 Å². The summed E-state index contributed by atoms with van der Waals surface area (Å²) in [5.74, 6) is -1.25. The van der Waals surface area contributed by atoms with Gasteiger partial charge in [0, 0.05) is 6.42 Å². The Hall–Kier alpha value is -2.27. The molecule has 0 aromatic heterocycles. The molecule has 0 bridgehead atoms. The van der Waals surface area contributed by atoms with Crippen LogP contribution in [0.2, 0.25) is 39.3 Å². The predicted molar refractivity (Wildman–Crippen MR) is 140 cm³/mol. The van der Waals surface area contributed by atoms with Crippen LogP contribution in [0, 0.1) is 0 Å². The maximum absolute atomic E-state index is 12.4. The monoisotopic (exact) mass is 502 g/mol. The van der Waals surface area contributed by atoms with Gasteiger partial charge >= 0.3 is 11.9 Å². The first kappa shape index (κ1) is 28.0. The summed E-state index contributed by atoms with van der Waals surface area (Å²) < 4.78 is 0. The molecule has 34 heavy (non-hydrogen) atoms. The molecule has 2 aromatic rings. The van der Waals surface area contributed by atoms with Crippen molar-refractivity contribution in [3.8, 4) is 0 Å². The van der Waals surface area contributed by atoms with Gasteiger partial charge in [-0.05, 0) is 30.7 Å². The lowest BCUT2D eigenvalue weighted by Gasteiger charge is -2.17. The van der Waals surface area contributed by atoms with Crippen LogP contribution in [0.3, 0.4) is 0 Å². The van der Waals surface area contributed by atoms with Gasteiger partial charge in [0.05, 0.1) is 27.3 Å². The van der Waals surface area contributed by atoms with E-state index in [0.29, 0.717) is 17.5 Å². The Bertz CT molecular complexity index is 854. The average molecular weight is 503 g/mol. The molecule has 0 radical (unpaired) electrons. The smallest absolute Gasteiger partial charge is 0.290 e. The molecule has 0 saturated carbocycles. The van der Waals surface area contributed by atoms with Crippen LogP contribution in [0.5, 0.6) is 0 Å². The van der Waals surface area contributed by atoms with Crippen molar-refractivity contribution < 1.29 is 29.1 Å². The quantitative estimate of drug-likeness (QED) is 0.124. The van der Waals surface area contributed by atoms with Gasteiger partial charge in [-0.2, -0.15) is 0 Å². The zero-order chi connectivity index (χ0) is 25.4. The number of hydrogen-bond donors (Lipinski definition) is 0. The molecular formula is C26H38O6Si2. The second-order valence-corrected chi connectivity index (χ2v) is 20.7. The number of rotatable bonds is 12. The maximum Gasteiger partial charge on any atom is 0.373 e. The Labute approximate surface area is 205 Å². The van der Waals surface area contributed by atoms with E-state index >= 15 is 0 Å². The van der Waals surface area contributed by atoms with Crippen molar-refractivity contribution >= 4 is 38.5 Å². The van der Waals surface area contributed by atoms with E-state index in [1.165, 1.54) is 10.4 Å². The lowest BCUT2D eigenvalue weighted by atomic mass is 10.2. The van der Waals surface area contributed by atoms with Crippen molar-refractivity contribution in [1.82, 2.24) is 0 Å². The SMILES string of the molecule is CCCCCC(OOC(=O)c1ccc([Si](C)(C)C)cc1)OOC(=O)c1ccc([Si](C)(C)C)cc1. The molecular weight excluding hydrogens is 464 g/mol. The van der Waals surface area contributed by atoms with Gasteiger partial charge in [0.25, 0.3) is 0 Å². The summed E-state index contributed by atoms with van der Waals surface area (Å²) in [6.45, 7) is 15.5. The predicted octanol–water partition coefficient (Wildman–Crippen LogP) is 5.56. The van der Waals surface area contributed by atoms with Crippen LogP contribution in [-0.4, -0.2) is 34.4 Å². The van der Waals surface area contributed by atoms with Crippen molar-refractivity contribution in [2.45, 2.75) is 78.2 Å². The van der Waals surface area contributed by atoms with E-state index in [0.717, 1.165) is 19.3 Å². The van der Waals surface area contributed by atoms with Crippen LogP contribution in [0.4, 0.5) is 0 Å². The average Bonchev–Trinajstić information content (AvgIpc) is 2.79. The maximum atomic E-state index is 12.4. The van der Waals surface area contributed by atoms with E-state index in [1.807, 2.05) is 24.3 Å². The summed E-state index contributed by atoms with van der Waals surface area (Å²) in [5.41, 5.74) is 0.766. The fourth-order valence-electron chi connectivity index (χ4n) is 3.18. The van der Waals surface area contributed by atoms with Gasteiger partial charge < -0.3 is 0 Å². The van der Waals surface area contributed by atoms with Gasteiger partial charge in [-0.1, -0.05) is 93.7 Å². The number of unbranched alkanes of at least 4 members (excludes halogenated alkanes) is 2. The van der Waals surface area contributed by atoms with Crippen LogP contribution in [0.1, 0.15) is 53.3 Å². The Morgan fingerprint density at radius 1 is 0.676 bits per heavy atom. The molecule has 2 aromatic carbocycles. The molecule has 0 aliphatic carbocycles. The molecule has 0 fully saturated rings. The zero-order valence-corrected chi connectivity index (χ0v) is 23.5. The van der Waals surface area contributed by atoms with Crippen LogP contribution in [0.15, 0.2) is 48.5 Å². The molecule has 2 rings (SSSR count). The van der Waals surface area contributed by atoms with Gasteiger partial charge in [0.2, 0.25) is 6.29 Å². The largest absolute Gasteiger partial charge is 0.373 e. The van der Waals surface area contributed by atoms with Crippen molar-refractivity contribution in [1.29, 1.82) is 0 Å². The Kier molecular flexibility index (Phi) is 10.2. The third-order valence-electron chi connectivity index (χ3n) is 5.48. The van der Waals surface area contributed by atoms with Crippen molar-refractivity contribution in [2.24, 2.45) is 0 Å². The van der Waals surface area contributed by atoms with E-state index < -0.39 is 34.4 Å². The molecule has 0 saturated heterocycles. The fourth-order valence-corrected chi connectivity index (χ4v) is 5.51. The normalized spacial score (nSPS) is 12.0. The molecule has 0 N–H and O–H groups in total. The molecule has 0 spiro atoms. The van der Waals surface area contributed by atoms with E-state index in [2.05, 4.69) is 46.2 Å². The minimum Gasteiger partial charge on any atom is -0.290 e.